The van der Waals surface area contributed by atoms with Gasteiger partial charge in [-0.3, -0.25) is 0 Å². The Labute approximate surface area is 146 Å². The number of thiophene rings is 1. The molecule has 7 heteroatoms. The second-order valence-electron chi connectivity index (χ2n) is 5.26. The van der Waals surface area contributed by atoms with Crippen molar-refractivity contribution < 1.29 is 8.42 Å². The van der Waals surface area contributed by atoms with Gasteiger partial charge in [0.05, 0.1) is 4.90 Å². The van der Waals surface area contributed by atoms with E-state index in [2.05, 4.69) is 36.6 Å². The molecule has 0 unspecified atom stereocenters. The maximum Gasteiger partial charge on any atom is 0.241 e. The van der Waals surface area contributed by atoms with E-state index < -0.39 is 10.0 Å². The van der Waals surface area contributed by atoms with Crippen molar-refractivity contribution in [3.05, 3.63) is 49.5 Å². The summed E-state index contributed by atoms with van der Waals surface area (Å²) in [4.78, 5) is 1.39. The predicted molar refractivity (Wildman–Crippen MR) is 94.4 cm³/mol. The van der Waals surface area contributed by atoms with E-state index in [4.69, 9.17) is 0 Å². The molecule has 0 aliphatic heterocycles. The normalized spacial score (nSPS) is 12.6. The largest absolute Gasteiger partial charge is 0.241 e. The van der Waals surface area contributed by atoms with Crippen LogP contribution in [0.3, 0.4) is 0 Å². The van der Waals surface area contributed by atoms with Crippen molar-refractivity contribution >= 4 is 53.2 Å². The summed E-state index contributed by atoms with van der Waals surface area (Å²) in [6.45, 7) is 4.39. The highest BCUT2D eigenvalue weighted by Crippen LogP contribution is 2.29. The number of nitrogens with one attached hydrogen (secondary N) is 1. The number of hydrogen-bond donors (Lipinski definition) is 1. The van der Waals surface area contributed by atoms with E-state index in [0.29, 0.717) is 11.0 Å². The number of benzene rings is 1. The van der Waals surface area contributed by atoms with Crippen molar-refractivity contribution in [1.29, 1.82) is 0 Å². The van der Waals surface area contributed by atoms with Crippen molar-refractivity contribution in [2.45, 2.75) is 24.2 Å². The van der Waals surface area contributed by atoms with Gasteiger partial charge in [0.25, 0.3) is 0 Å². The van der Waals surface area contributed by atoms with Gasteiger partial charge in [-0.15, -0.1) is 11.3 Å². The molecule has 0 aliphatic rings. The highest BCUT2D eigenvalue weighted by molar-refractivity contribution is 9.11. The Hall–Kier alpha value is -0.210. The molecule has 2 rings (SSSR count). The quantitative estimate of drug-likeness (QED) is 0.724. The third kappa shape index (κ3) is 4.16. The van der Waals surface area contributed by atoms with E-state index in [-0.39, 0.29) is 10.3 Å². The zero-order valence-electron chi connectivity index (χ0n) is 11.6. The Balaban J connectivity index is 2.21. The molecule has 0 saturated heterocycles. The zero-order chi connectivity index (χ0) is 15.7. The van der Waals surface area contributed by atoms with Gasteiger partial charge in [0.2, 0.25) is 10.0 Å². The average molecular weight is 453 g/mol. The third-order valence-corrected chi connectivity index (χ3v) is 7.20. The molecule has 3 nitrogen and oxygen atoms in total. The van der Waals surface area contributed by atoms with Crippen LogP contribution in [0.4, 0.5) is 0 Å². The highest BCUT2D eigenvalue weighted by Gasteiger charge is 2.26. The van der Waals surface area contributed by atoms with Gasteiger partial charge in [-0.25, -0.2) is 13.1 Å². The monoisotopic (exact) mass is 451 g/mol. The summed E-state index contributed by atoms with van der Waals surface area (Å²) in [6, 6.07) is 9.08. The van der Waals surface area contributed by atoms with Crippen LogP contribution in [0.25, 0.3) is 0 Å². The molecule has 0 amide bonds. The summed E-state index contributed by atoms with van der Waals surface area (Å²) >= 11 is 8.22. The van der Waals surface area contributed by atoms with E-state index in [9.17, 15) is 8.42 Å². The van der Waals surface area contributed by atoms with Crippen LogP contribution in [-0.2, 0) is 15.4 Å². The molecule has 0 radical (unpaired) electrons. The summed E-state index contributed by atoms with van der Waals surface area (Å²) in [5, 5.41) is 2.00. The van der Waals surface area contributed by atoms with Crippen molar-refractivity contribution in [3.8, 4) is 0 Å². The Morgan fingerprint density at radius 3 is 2.57 bits per heavy atom. The fourth-order valence-corrected chi connectivity index (χ4v) is 5.35. The second-order valence-corrected chi connectivity index (χ2v) is 9.71. The van der Waals surface area contributed by atoms with E-state index >= 15 is 0 Å². The van der Waals surface area contributed by atoms with Crippen LogP contribution in [0.1, 0.15) is 18.7 Å². The number of halogens is 2. The molecule has 0 atom stereocenters. The Bertz CT molecular complexity index is 725. The summed E-state index contributed by atoms with van der Waals surface area (Å²) in [6.07, 6.45) is 0. The molecular weight excluding hydrogens is 438 g/mol. The van der Waals surface area contributed by atoms with E-state index in [1.807, 2.05) is 31.4 Å². The molecular formula is C14H15Br2NO2S2. The molecule has 1 aromatic carbocycles. The number of sulfonamides is 1. The summed E-state index contributed by atoms with van der Waals surface area (Å²) in [5.41, 5.74) is -0.250. The molecule has 2 aromatic rings. The molecule has 0 fully saturated rings. The molecule has 0 spiro atoms. The van der Waals surface area contributed by atoms with Crippen LogP contribution in [0.15, 0.2) is 49.6 Å². The first kappa shape index (κ1) is 17.1. The van der Waals surface area contributed by atoms with Gasteiger partial charge in [-0.1, -0.05) is 35.8 Å². The second kappa shape index (κ2) is 6.50. The highest BCUT2D eigenvalue weighted by atomic mass is 79.9. The third-order valence-electron chi connectivity index (χ3n) is 3.08. The molecule has 1 aromatic heterocycles. The van der Waals surface area contributed by atoms with Crippen molar-refractivity contribution in [1.82, 2.24) is 4.72 Å². The first-order chi connectivity index (χ1) is 9.72. The van der Waals surface area contributed by atoms with Crippen molar-refractivity contribution in [2.24, 2.45) is 0 Å². The van der Waals surface area contributed by atoms with Gasteiger partial charge in [0, 0.05) is 25.8 Å². The maximum atomic E-state index is 12.5. The maximum absolute atomic E-state index is 12.5. The first-order valence-electron chi connectivity index (χ1n) is 6.21. The SMILES string of the molecule is CC(C)(CNS(=O)(=O)c1cc(Br)ccc1Br)c1cccs1. The lowest BCUT2D eigenvalue weighted by molar-refractivity contribution is 0.509. The van der Waals surface area contributed by atoms with Gasteiger partial charge >= 0.3 is 0 Å². The summed E-state index contributed by atoms with van der Waals surface area (Å²) < 4.78 is 28.9. The first-order valence-corrected chi connectivity index (χ1v) is 10.2. The number of hydrogen-bond acceptors (Lipinski definition) is 3. The van der Waals surface area contributed by atoms with Crippen molar-refractivity contribution in [2.75, 3.05) is 6.54 Å². The van der Waals surface area contributed by atoms with Crippen LogP contribution < -0.4 is 4.72 Å². The van der Waals surface area contributed by atoms with Crippen LogP contribution in [0, 0.1) is 0 Å². The predicted octanol–water partition coefficient (Wildman–Crippen LogP) is 4.53. The van der Waals surface area contributed by atoms with Crippen LogP contribution in [0.5, 0.6) is 0 Å². The minimum atomic E-state index is -3.56. The van der Waals surface area contributed by atoms with Crippen LogP contribution >= 0.6 is 43.2 Å². The Morgan fingerprint density at radius 2 is 1.95 bits per heavy atom. The van der Waals surface area contributed by atoms with E-state index in [1.165, 1.54) is 0 Å². The fraction of sp³-hybridized carbons (Fsp3) is 0.286. The van der Waals surface area contributed by atoms with Gasteiger partial charge in [0.1, 0.15) is 0 Å². The van der Waals surface area contributed by atoms with Gasteiger partial charge in [0.15, 0.2) is 0 Å². The molecule has 1 N–H and O–H groups in total. The van der Waals surface area contributed by atoms with Gasteiger partial charge in [-0.05, 0) is 45.6 Å². The fourth-order valence-electron chi connectivity index (χ4n) is 1.79. The summed E-state index contributed by atoms with van der Waals surface area (Å²) in [7, 11) is -3.56. The lowest BCUT2D eigenvalue weighted by atomic mass is 9.92. The Kier molecular flexibility index (Phi) is 5.31. The van der Waals surface area contributed by atoms with E-state index in [0.717, 1.165) is 9.35 Å². The standard InChI is InChI=1S/C14H15Br2NO2S2/c1-14(2,13-4-3-7-20-13)9-17-21(18,19)12-8-10(15)5-6-11(12)16/h3-8,17H,9H2,1-2H3. The molecule has 0 saturated carbocycles. The van der Waals surface area contributed by atoms with Crippen LogP contribution in [0.2, 0.25) is 0 Å². The average Bonchev–Trinajstić information content (AvgIpc) is 2.94. The lowest BCUT2D eigenvalue weighted by Crippen LogP contribution is -2.36. The number of rotatable bonds is 5. The van der Waals surface area contributed by atoms with E-state index in [1.54, 1.807) is 29.5 Å². The van der Waals surface area contributed by atoms with Crippen molar-refractivity contribution in [3.63, 3.8) is 0 Å². The van der Waals surface area contributed by atoms with Crippen LogP contribution in [-0.4, -0.2) is 15.0 Å². The molecule has 114 valence electrons. The molecule has 21 heavy (non-hydrogen) atoms. The summed E-state index contributed by atoms with van der Waals surface area (Å²) in [5.74, 6) is 0. The lowest BCUT2D eigenvalue weighted by Gasteiger charge is -2.23. The minimum absolute atomic E-state index is 0.235. The molecule has 0 bridgehead atoms. The molecule has 0 aliphatic carbocycles. The van der Waals surface area contributed by atoms with Gasteiger partial charge < -0.3 is 0 Å². The Morgan fingerprint density at radius 1 is 1.24 bits per heavy atom. The molecule has 1 heterocycles. The zero-order valence-corrected chi connectivity index (χ0v) is 16.4. The van der Waals surface area contributed by atoms with Gasteiger partial charge in [-0.2, -0.15) is 0 Å². The topological polar surface area (TPSA) is 46.2 Å². The smallest absolute Gasteiger partial charge is 0.210 e. The minimum Gasteiger partial charge on any atom is -0.210 e.